The van der Waals surface area contributed by atoms with Gasteiger partial charge in [-0.1, -0.05) is 0 Å². The SMILES string of the molecule is COC(=O)CCSCCC(NC=O)C(=O)O. The Hall–Kier alpha value is -1.24. The molecule has 0 aromatic carbocycles. The van der Waals surface area contributed by atoms with Crippen LogP contribution in [0.5, 0.6) is 0 Å². The minimum absolute atomic E-state index is 0.284. The van der Waals surface area contributed by atoms with E-state index in [0.717, 1.165) is 0 Å². The Morgan fingerprint density at radius 2 is 2.19 bits per heavy atom. The van der Waals surface area contributed by atoms with E-state index in [-0.39, 0.29) is 5.97 Å². The highest BCUT2D eigenvalue weighted by Crippen LogP contribution is 2.07. The fourth-order valence-corrected chi connectivity index (χ4v) is 1.84. The molecular weight excluding hydrogens is 234 g/mol. The number of amides is 1. The summed E-state index contributed by atoms with van der Waals surface area (Å²) in [5.74, 6) is -0.191. The van der Waals surface area contributed by atoms with E-state index in [0.29, 0.717) is 30.8 Å². The van der Waals surface area contributed by atoms with E-state index in [4.69, 9.17) is 5.11 Å². The molecule has 1 amide bonds. The standard InChI is InChI=1S/C9H15NO5S/c1-15-8(12)3-5-16-4-2-7(9(13)14)10-6-11/h6-7H,2-5H2,1H3,(H,10,11)(H,13,14). The van der Waals surface area contributed by atoms with E-state index in [1.54, 1.807) is 0 Å². The van der Waals surface area contributed by atoms with Crippen molar-refractivity contribution in [1.82, 2.24) is 5.32 Å². The van der Waals surface area contributed by atoms with Gasteiger partial charge in [-0.3, -0.25) is 9.59 Å². The molecule has 92 valence electrons. The fourth-order valence-electron chi connectivity index (χ4n) is 0.921. The van der Waals surface area contributed by atoms with Gasteiger partial charge in [0, 0.05) is 5.75 Å². The maximum atomic E-state index is 10.7. The second kappa shape index (κ2) is 9.02. The molecule has 0 aliphatic rings. The van der Waals surface area contributed by atoms with E-state index >= 15 is 0 Å². The lowest BCUT2D eigenvalue weighted by Crippen LogP contribution is -2.36. The van der Waals surface area contributed by atoms with Gasteiger partial charge in [-0.05, 0) is 12.2 Å². The zero-order chi connectivity index (χ0) is 12.4. The van der Waals surface area contributed by atoms with Gasteiger partial charge in [-0.15, -0.1) is 0 Å². The molecule has 6 nitrogen and oxygen atoms in total. The second-order valence-electron chi connectivity index (χ2n) is 2.90. The minimum atomic E-state index is -1.05. The number of carbonyl (C=O) groups excluding carboxylic acids is 2. The first-order valence-electron chi connectivity index (χ1n) is 4.69. The van der Waals surface area contributed by atoms with Crippen molar-refractivity contribution in [3.8, 4) is 0 Å². The van der Waals surface area contributed by atoms with Gasteiger partial charge < -0.3 is 15.2 Å². The van der Waals surface area contributed by atoms with Gasteiger partial charge >= 0.3 is 11.9 Å². The van der Waals surface area contributed by atoms with Crippen LogP contribution in [0.4, 0.5) is 0 Å². The number of rotatable bonds is 9. The maximum absolute atomic E-state index is 10.7. The molecule has 1 atom stereocenters. The van der Waals surface area contributed by atoms with Crippen molar-refractivity contribution in [2.75, 3.05) is 18.6 Å². The van der Waals surface area contributed by atoms with Crippen molar-refractivity contribution < 1.29 is 24.2 Å². The summed E-state index contributed by atoms with van der Waals surface area (Å²) in [6.07, 6.45) is 1.01. The van der Waals surface area contributed by atoms with Crippen LogP contribution in [0.2, 0.25) is 0 Å². The summed E-state index contributed by atoms with van der Waals surface area (Å²) in [5, 5.41) is 10.9. The Kier molecular flexibility index (Phi) is 8.32. The number of carbonyl (C=O) groups is 3. The molecule has 0 fully saturated rings. The lowest BCUT2D eigenvalue weighted by atomic mass is 10.2. The normalized spacial score (nSPS) is 11.6. The maximum Gasteiger partial charge on any atom is 0.326 e. The van der Waals surface area contributed by atoms with Crippen LogP contribution in [-0.4, -0.2) is 48.1 Å². The van der Waals surface area contributed by atoms with Crippen LogP contribution >= 0.6 is 11.8 Å². The van der Waals surface area contributed by atoms with Gasteiger partial charge in [0.1, 0.15) is 6.04 Å². The van der Waals surface area contributed by atoms with Crippen LogP contribution < -0.4 is 5.32 Å². The number of hydrogen-bond acceptors (Lipinski definition) is 5. The number of nitrogens with one attached hydrogen (secondary N) is 1. The minimum Gasteiger partial charge on any atom is -0.480 e. The van der Waals surface area contributed by atoms with Crippen LogP contribution in [0.3, 0.4) is 0 Å². The molecule has 2 N–H and O–H groups in total. The number of methoxy groups -OCH3 is 1. The lowest BCUT2D eigenvalue weighted by Gasteiger charge is -2.09. The summed E-state index contributed by atoms with van der Waals surface area (Å²) in [7, 11) is 1.32. The van der Waals surface area contributed by atoms with Crippen molar-refractivity contribution in [3.05, 3.63) is 0 Å². The Bertz CT molecular complexity index is 246. The number of aliphatic carboxylic acids is 1. The molecule has 0 aliphatic heterocycles. The Morgan fingerprint density at radius 1 is 1.50 bits per heavy atom. The molecule has 0 spiro atoms. The summed E-state index contributed by atoms with van der Waals surface area (Å²) in [4.78, 5) is 31.4. The predicted octanol–water partition coefficient (Wildman–Crippen LogP) is -0.128. The lowest BCUT2D eigenvalue weighted by molar-refractivity contribution is -0.141. The first-order chi connectivity index (χ1) is 7.61. The molecule has 0 aromatic rings. The van der Waals surface area contributed by atoms with E-state index in [1.807, 2.05) is 0 Å². The van der Waals surface area contributed by atoms with E-state index in [1.165, 1.54) is 18.9 Å². The van der Waals surface area contributed by atoms with Crippen LogP contribution in [0.15, 0.2) is 0 Å². The average Bonchev–Trinajstić information content (AvgIpc) is 2.26. The molecule has 7 heteroatoms. The van der Waals surface area contributed by atoms with Gasteiger partial charge in [0.25, 0.3) is 0 Å². The Balaban J connectivity index is 3.58. The highest BCUT2D eigenvalue weighted by molar-refractivity contribution is 7.99. The third kappa shape index (κ3) is 7.10. The van der Waals surface area contributed by atoms with Crippen molar-refractivity contribution in [2.24, 2.45) is 0 Å². The van der Waals surface area contributed by atoms with E-state index in [2.05, 4.69) is 10.1 Å². The zero-order valence-electron chi connectivity index (χ0n) is 8.97. The molecule has 0 saturated heterocycles. The monoisotopic (exact) mass is 249 g/mol. The van der Waals surface area contributed by atoms with Crippen LogP contribution in [-0.2, 0) is 19.1 Å². The predicted molar refractivity (Wildman–Crippen MR) is 59.2 cm³/mol. The van der Waals surface area contributed by atoms with Crippen LogP contribution in [0, 0.1) is 0 Å². The Morgan fingerprint density at radius 3 is 2.69 bits per heavy atom. The molecule has 0 bridgehead atoms. The number of carboxylic acids is 1. The fraction of sp³-hybridized carbons (Fsp3) is 0.667. The third-order valence-corrected chi connectivity index (χ3v) is 2.81. The van der Waals surface area contributed by atoms with Gasteiger partial charge in [0.05, 0.1) is 13.5 Å². The summed E-state index contributed by atoms with van der Waals surface area (Å²) >= 11 is 1.45. The highest BCUT2D eigenvalue weighted by Gasteiger charge is 2.15. The second-order valence-corrected chi connectivity index (χ2v) is 4.13. The first kappa shape index (κ1) is 14.8. The quantitative estimate of drug-likeness (QED) is 0.336. The smallest absolute Gasteiger partial charge is 0.326 e. The van der Waals surface area contributed by atoms with Crippen LogP contribution in [0.25, 0.3) is 0 Å². The van der Waals surface area contributed by atoms with E-state index < -0.39 is 12.0 Å². The molecule has 0 radical (unpaired) electrons. The number of thioether (sulfide) groups is 1. The first-order valence-corrected chi connectivity index (χ1v) is 5.84. The summed E-state index contributed by atoms with van der Waals surface area (Å²) in [5.41, 5.74) is 0. The number of hydrogen-bond donors (Lipinski definition) is 2. The number of ether oxygens (including phenoxy) is 1. The topological polar surface area (TPSA) is 92.7 Å². The largest absolute Gasteiger partial charge is 0.480 e. The average molecular weight is 249 g/mol. The molecule has 0 rings (SSSR count). The van der Waals surface area contributed by atoms with Crippen molar-refractivity contribution in [3.63, 3.8) is 0 Å². The summed E-state index contributed by atoms with van der Waals surface area (Å²) < 4.78 is 4.45. The highest BCUT2D eigenvalue weighted by atomic mass is 32.2. The summed E-state index contributed by atoms with van der Waals surface area (Å²) in [6, 6.07) is -0.858. The van der Waals surface area contributed by atoms with Gasteiger partial charge in [-0.25, -0.2) is 4.79 Å². The molecule has 0 saturated carbocycles. The molecule has 0 aliphatic carbocycles. The van der Waals surface area contributed by atoms with Crippen molar-refractivity contribution in [1.29, 1.82) is 0 Å². The van der Waals surface area contributed by atoms with Gasteiger partial charge in [0.2, 0.25) is 6.41 Å². The van der Waals surface area contributed by atoms with Gasteiger partial charge in [-0.2, -0.15) is 11.8 Å². The molecule has 0 aromatic heterocycles. The third-order valence-electron chi connectivity index (χ3n) is 1.80. The summed E-state index contributed by atoms with van der Waals surface area (Å²) in [6.45, 7) is 0. The molecule has 0 heterocycles. The zero-order valence-corrected chi connectivity index (χ0v) is 9.79. The number of esters is 1. The Labute approximate surface area is 97.7 Å². The van der Waals surface area contributed by atoms with Crippen molar-refractivity contribution >= 4 is 30.1 Å². The molecular formula is C9H15NO5S. The van der Waals surface area contributed by atoms with E-state index in [9.17, 15) is 14.4 Å². The van der Waals surface area contributed by atoms with Crippen LogP contribution in [0.1, 0.15) is 12.8 Å². The molecule has 16 heavy (non-hydrogen) atoms. The van der Waals surface area contributed by atoms with Gasteiger partial charge in [0.15, 0.2) is 0 Å². The molecule has 1 unspecified atom stereocenters. The number of carboxylic acid groups (broad SMARTS) is 1. The van der Waals surface area contributed by atoms with Crippen molar-refractivity contribution in [2.45, 2.75) is 18.9 Å².